The molecule has 2 rings (SSSR count). The van der Waals surface area contributed by atoms with Crippen LogP contribution in [0.3, 0.4) is 0 Å². The normalized spacial score (nSPS) is 11.6. The number of nitrogens with one attached hydrogen (secondary N) is 1. The summed E-state index contributed by atoms with van der Waals surface area (Å²) in [6.45, 7) is 5.55. The number of carboxylic acid groups (broad SMARTS) is 1. The van der Waals surface area contributed by atoms with Crippen molar-refractivity contribution in [2.24, 2.45) is 5.92 Å². The van der Waals surface area contributed by atoms with Crippen LogP contribution in [0.15, 0.2) is 42.5 Å². The van der Waals surface area contributed by atoms with Gasteiger partial charge >= 0.3 is 5.97 Å². The van der Waals surface area contributed by atoms with E-state index < -0.39 is 11.9 Å². The van der Waals surface area contributed by atoms with Gasteiger partial charge in [-0.15, -0.1) is 0 Å². The van der Waals surface area contributed by atoms with Crippen molar-refractivity contribution in [1.82, 2.24) is 0 Å². The smallest absolute Gasteiger partial charge is 0.306 e. The number of hydrogen-bond acceptors (Lipinski definition) is 3. The van der Waals surface area contributed by atoms with Gasteiger partial charge in [-0.25, -0.2) is 0 Å². The summed E-state index contributed by atoms with van der Waals surface area (Å²) in [5.74, 6) is -0.807. The highest BCUT2D eigenvalue weighted by Crippen LogP contribution is 2.19. The number of ether oxygens (including phenoxy) is 1. The summed E-state index contributed by atoms with van der Waals surface area (Å²) >= 11 is 0. The average Bonchev–Trinajstić information content (AvgIpc) is 2.55. The zero-order valence-electron chi connectivity index (χ0n) is 14.7. The summed E-state index contributed by atoms with van der Waals surface area (Å²) in [6.07, 6.45) is 0.458. The van der Waals surface area contributed by atoms with Crippen LogP contribution in [0.5, 0.6) is 5.75 Å². The molecule has 0 heterocycles. The molecule has 2 aromatic carbocycles. The predicted molar refractivity (Wildman–Crippen MR) is 97.0 cm³/mol. The van der Waals surface area contributed by atoms with Crippen LogP contribution in [0.25, 0.3) is 0 Å². The lowest BCUT2D eigenvalue weighted by Crippen LogP contribution is -2.20. The maximum absolute atomic E-state index is 12.0. The number of carbonyl (C=O) groups is 2. The number of rotatable bonds is 7. The fourth-order valence-corrected chi connectivity index (χ4v) is 2.47. The Balaban J connectivity index is 1.87. The maximum atomic E-state index is 12.0. The Labute approximate surface area is 147 Å². The second-order valence-corrected chi connectivity index (χ2v) is 6.25. The molecule has 132 valence electrons. The number of hydrogen-bond donors (Lipinski definition) is 2. The number of aryl methyl sites for hydroxylation is 2. The van der Waals surface area contributed by atoms with Gasteiger partial charge < -0.3 is 15.2 Å². The van der Waals surface area contributed by atoms with Gasteiger partial charge in [0.1, 0.15) is 5.75 Å². The van der Waals surface area contributed by atoms with Crippen molar-refractivity contribution in [2.75, 3.05) is 11.9 Å². The third-order valence-electron chi connectivity index (χ3n) is 3.89. The summed E-state index contributed by atoms with van der Waals surface area (Å²) in [4.78, 5) is 22.9. The first-order valence-electron chi connectivity index (χ1n) is 8.17. The van der Waals surface area contributed by atoms with Crippen LogP contribution in [0.1, 0.15) is 23.6 Å². The number of aliphatic carboxylic acids is 1. The number of amides is 1. The molecule has 5 heteroatoms. The largest absolute Gasteiger partial charge is 0.483 e. The Morgan fingerprint density at radius 1 is 1.12 bits per heavy atom. The molecule has 1 amide bonds. The van der Waals surface area contributed by atoms with E-state index in [1.807, 2.05) is 44.2 Å². The highest BCUT2D eigenvalue weighted by molar-refractivity contribution is 5.91. The molecular formula is C20H23NO4. The maximum Gasteiger partial charge on any atom is 0.306 e. The minimum absolute atomic E-state index is 0.0678. The van der Waals surface area contributed by atoms with Crippen molar-refractivity contribution in [3.05, 3.63) is 59.2 Å². The molecule has 1 atom stereocenters. The monoisotopic (exact) mass is 341 g/mol. The SMILES string of the molecule is Cc1ccc(OCC(=O)Nc2ccc(CC(C)C(=O)O)cc2)c(C)c1. The van der Waals surface area contributed by atoms with E-state index in [0.29, 0.717) is 17.9 Å². The van der Waals surface area contributed by atoms with Gasteiger partial charge in [0.25, 0.3) is 5.91 Å². The van der Waals surface area contributed by atoms with E-state index in [-0.39, 0.29) is 12.5 Å². The number of carbonyl (C=O) groups excluding carboxylic acids is 1. The standard InChI is InChI=1S/C20H23NO4/c1-13-4-9-18(14(2)10-13)25-12-19(22)21-17-7-5-16(6-8-17)11-15(3)20(23)24/h4-10,15H,11-12H2,1-3H3,(H,21,22)(H,23,24). The molecule has 2 aromatic rings. The summed E-state index contributed by atoms with van der Waals surface area (Å²) < 4.78 is 5.55. The third kappa shape index (κ3) is 5.64. The molecule has 0 saturated carbocycles. The van der Waals surface area contributed by atoms with Gasteiger partial charge in [0.15, 0.2) is 6.61 Å². The predicted octanol–water partition coefficient (Wildman–Crippen LogP) is 3.58. The Morgan fingerprint density at radius 3 is 2.40 bits per heavy atom. The van der Waals surface area contributed by atoms with Crippen LogP contribution in [-0.2, 0) is 16.0 Å². The fourth-order valence-electron chi connectivity index (χ4n) is 2.47. The molecule has 1 unspecified atom stereocenters. The van der Waals surface area contributed by atoms with Gasteiger partial charge in [0.2, 0.25) is 0 Å². The lowest BCUT2D eigenvalue weighted by molar-refractivity contribution is -0.141. The Hall–Kier alpha value is -2.82. The van der Waals surface area contributed by atoms with Gasteiger partial charge in [-0.05, 0) is 49.6 Å². The van der Waals surface area contributed by atoms with E-state index in [0.717, 1.165) is 16.7 Å². The first-order chi connectivity index (χ1) is 11.8. The van der Waals surface area contributed by atoms with Crippen molar-refractivity contribution in [1.29, 1.82) is 0 Å². The Kier molecular flexibility index (Phi) is 6.17. The molecule has 0 aliphatic carbocycles. The van der Waals surface area contributed by atoms with Crippen molar-refractivity contribution in [3.8, 4) is 5.75 Å². The van der Waals surface area contributed by atoms with Crippen LogP contribution in [-0.4, -0.2) is 23.6 Å². The molecule has 0 saturated heterocycles. The van der Waals surface area contributed by atoms with Crippen molar-refractivity contribution >= 4 is 17.6 Å². The highest BCUT2D eigenvalue weighted by Gasteiger charge is 2.11. The molecule has 25 heavy (non-hydrogen) atoms. The molecule has 0 aromatic heterocycles. The van der Waals surface area contributed by atoms with E-state index in [1.54, 1.807) is 19.1 Å². The minimum Gasteiger partial charge on any atom is -0.483 e. The van der Waals surface area contributed by atoms with E-state index in [2.05, 4.69) is 5.32 Å². The Bertz CT molecular complexity index is 753. The summed E-state index contributed by atoms with van der Waals surface area (Å²) in [5.41, 5.74) is 3.71. The van der Waals surface area contributed by atoms with Gasteiger partial charge in [0, 0.05) is 5.69 Å². The van der Waals surface area contributed by atoms with Gasteiger partial charge in [0.05, 0.1) is 5.92 Å². The number of benzene rings is 2. The van der Waals surface area contributed by atoms with Gasteiger partial charge in [-0.1, -0.05) is 36.8 Å². The first-order valence-corrected chi connectivity index (χ1v) is 8.17. The summed E-state index contributed by atoms with van der Waals surface area (Å²) in [5, 5.41) is 11.7. The lowest BCUT2D eigenvalue weighted by atomic mass is 10.0. The molecule has 2 N–H and O–H groups in total. The molecule has 0 aliphatic rings. The molecule has 0 aliphatic heterocycles. The topological polar surface area (TPSA) is 75.6 Å². The molecular weight excluding hydrogens is 318 g/mol. The fraction of sp³-hybridized carbons (Fsp3) is 0.300. The van der Waals surface area contributed by atoms with Crippen molar-refractivity contribution < 1.29 is 19.4 Å². The van der Waals surface area contributed by atoms with Crippen LogP contribution in [0, 0.1) is 19.8 Å². The van der Waals surface area contributed by atoms with Crippen LogP contribution in [0.4, 0.5) is 5.69 Å². The highest BCUT2D eigenvalue weighted by atomic mass is 16.5. The molecule has 0 spiro atoms. The van der Waals surface area contributed by atoms with Crippen molar-refractivity contribution in [3.63, 3.8) is 0 Å². The summed E-state index contributed by atoms with van der Waals surface area (Å²) in [6, 6.07) is 13.0. The number of anilines is 1. The lowest BCUT2D eigenvalue weighted by Gasteiger charge is -2.11. The third-order valence-corrected chi connectivity index (χ3v) is 3.89. The zero-order chi connectivity index (χ0) is 18.4. The molecule has 0 bridgehead atoms. The van der Waals surface area contributed by atoms with E-state index in [9.17, 15) is 9.59 Å². The van der Waals surface area contributed by atoms with Crippen LogP contribution >= 0.6 is 0 Å². The number of carboxylic acids is 1. The average molecular weight is 341 g/mol. The van der Waals surface area contributed by atoms with E-state index in [4.69, 9.17) is 9.84 Å². The van der Waals surface area contributed by atoms with Crippen molar-refractivity contribution in [2.45, 2.75) is 27.2 Å². The minimum atomic E-state index is -0.819. The second-order valence-electron chi connectivity index (χ2n) is 6.25. The Morgan fingerprint density at radius 2 is 1.80 bits per heavy atom. The van der Waals surface area contributed by atoms with E-state index >= 15 is 0 Å². The second kappa shape index (κ2) is 8.33. The molecule has 5 nitrogen and oxygen atoms in total. The molecule has 0 fully saturated rings. The van der Waals surface area contributed by atoms with E-state index in [1.165, 1.54) is 0 Å². The first kappa shape index (κ1) is 18.5. The van der Waals surface area contributed by atoms with Crippen LogP contribution in [0.2, 0.25) is 0 Å². The zero-order valence-corrected chi connectivity index (χ0v) is 14.7. The molecule has 0 radical (unpaired) electrons. The summed E-state index contributed by atoms with van der Waals surface area (Å²) in [7, 11) is 0. The quantitative estimate of drug-likeness (QED) is 0.807. The van der Waals surface area contributed by atoms with Crippen LogP contribution < -0.4 is 10.1 Å². The van der Waals surface area contributed by atoms with Gasteiger partial charge in [-0.3, -0.25) is 9.59 Å². The van der Waals surface area contributed by atoms with Gasteiger partial charge in [-0.2, -0.15) is 0 Å².